The Bertz CT molecular complexity index is 925. The third-order valence-electron chi connectivity index (χ3n) is 4.87. The number of amides is 1. The van der Waals surface area contributed by atoms with Gasteiger partial charge in [-0.05, 0) is 43.0 Å². The number of aromatic nitrogens is 3. The highest BCUT2D eigenvalue weighted by atomic mass is 32.2. The lowest BCUT2D eigenvalue weighted by molar-refractivity contribution is -0.121. The zero-order chi connectivity index (χ0) is 18.8. The van der Waals surface area contributed by atoms with Gasteiger partial charge in [0, 0.05) is 16.6 Å². The molecule has 0 radical (unpaired) electrons. The number of hydrogen-bond acceptors (Lipinski definition) is 5. The largest absolute Gasteiger partial charge is 0.351 e. The molecule has 1 aliphatic heterocycles. The van der Waals surface area contributed by atoms with Crippen LogP contribution in [-0.4, -0.2) is 33.0 Å². The highest BCUT2D eigenvalue weighted by Crippen LogP contribution is 2.36. The van der Waals surface area contributed by atoms with Gasteiger partial charge in [-0.3, -0.25) is 4.79 Å². The maximum atomic E-state index is 13.2. The van der Waals surface area contributed by atoms with Crippen molar-refractivity contribution in [2.75, 3.05) is 16.9 Å². The first-order valence-electron chi connectivity index (χ1n) is 8.83. The second kappa shape index (κ2) is 7.44. The van der Waals surface area contributed by atoms with E-state index in [4.69, 9.17) is 0 Å². The molecule has 0 unspecified atom stereocenters. The predicted molar refractivity (Wildman–Crippen MR) is 108 cm³/mol. The number of nitrogens with one attached hydrogen (secondary N) is 2. The number of nitrogens with zero attached hydrogens (tertiary/aromatic N) is 3. The van der Waals surface area contributed by atoms with E-state index in [1.807, 2.05) is 48.2 Å². The van der Waals surface area contributed by atoms with Crippen molar-refractivity contribution in [3.05, 3.63) is 66.5 Å². The Balaban J connectivity index is 1.71. The molecule has 3 aromatic rings. The van der Waals surface area contributed by atoms with Gasteiger partial charge in [-0.1, -0.05) is 30.3 Å². The third-order valence-corrected chi connectivity index (χ3v) is 5.62. The summed E-state index contributed by atoms with van der Waals surface area (Å²) in [7, 11) is 0. The lowest BCUT2D eigenvalue weighted by Crippen LogP contribution is -2.46. The van der Waals surface area contributed by atoms with Crippen LogP contribution >= 0.6 is 11.8 Å². The fourth-order valence-electron chi connectivity index (χ4n) is 3.54. The van der Waals surface area contributed by atoms with E-state index in [0.717, 1.165) is 11.3 Å². The molecular formula is C20H21N5OS. The van der Waals surface area contributed by atoms with Crippen molar-refractivity contribution in [2.45, 2.75) is 23.9 Å². The fourth-order valence-corrected chi connectivity index (χ4v) is 3.95. The van der Waals surface area contributed by atoms with E-state index in [9.17, 15) is 4.79 Å². The molecule has 0 saturated carbocycles. The maximum absolute atomic E-state index is 13.2. The van der Waals surface area contributed by atoms with E-state index >= 15 is 0 Å². The first-order valence-corrected chi connectivity index (χ1v) is 10.1. The number of thioether (sulfide) groups is 1. The maximum Gasteiger partial charge on any atom is 0.232 e. The molecule has 2 N–H and O–H groups in total. The Kier molecular flexibility index (Phi) is 4.85. The molecule has 1 amide bonds. The van der Waals surface area contributed by atoms with Gasteiger partial charge in [-0.15, -0.1) is 11.8 Å². The monoisotopic (exact) mass is 379 g/mol. The molecule has 0 saturated heterocycles. The third kappa shape index (κ3) is 3.42. The second-order valence-corrected chi connectivity index (χ2v) is 7.44. The van der Waals surface area contributed by atoms with Crippen molar-refractivity contribution < 1.29 is 4.79 Å². The van der Waals surface area contributed by atoms with Crippen molar-refractivity contribution in [2.24, 2.45) is 5.92 Å². The molecular weight excluding hydrogens is 358 g/mol. The van der Waals surface area contributed by atoms with Gasteiger partial charge in [-0.2, -0.15) is 10.1 Å². The topological polar surface area (TPSA) is 71.8 Å². The summed E-state index contributed by atoms with van der Waals surface area (Å²) in [5.41, 5.74) is 1.83. The molecule has 1 aliphatic rings. The number of carbonyl (C=O) groups excluding carboxylic acids is 1. The molecule has 7 heteroatoms. The summed E-state index contributed by atoms with van der Waals surface area (Å²) in [6.45, 7) is 2.01. The summed E-state index contributed by atoms with van der Waals surface area (Å²) < 4.78 is 1.81. The minimum atomic E-state index is -0.334. The lowest BCUT2D eigenvalue weighted by Gasteiger charge is -2.36. The van der Waals surface area contributed by atoms with Crippen LogP contribution in [0.1, 0.15) is 18.5 Å². The van der Waals surface area contributed by atoms with E-state index < -0.39 is 0 Å². The fraction of sp³-hybridized carbons (Fsp3) is 0.250. The SMILES string of the molecule is CSc1ccc([C@H]2[C@H](C(=O)Nc3ccccc3)[C@H](C)Nc3ncnn32)cc1. The van der Waals surface area contributed by atoms with Crippen molar-refractivity contribution in [1.82, 2.24) is 14.8 Å². The zero-order valence-electron chi connectivity index (χ0n) is 15.2. The zero-order valence-corrected chi connectivity index (χ0v) is 16.0. The molecule has 2 heterocycles. The van der Waals surface area contributed by atoms with E-state index in [-0.39, 0.29) is 23.9 Å². The van der Waals surface area contributed by atoms with Crippen LogP contribution in [0, 0.1) is 5.92 Å². The van der Waals surface area contributed by atoms with Gasteiger partial charge in [-0.25, -0.2) is 4.68 Å². The van der Waals surface area contributed by atoms with Gasteiger partial charge in [0.15, 0.2) is 0 Å². The molecule has 138 valence electrons. The van der Waals surface area contributed by atoms with Crippen LogP contribution in [0.5, 0.6) is 0 Å². The Labute approximate surface area is 162 Å². The smallest absolute Gasteiger partial charge is 0.232 e. The summed E-state index contributed by atoms with van der Waals surface area (Å²) in [5.74, 6) is 0.311. The van der Waals surface area contributed by atoms with Crippen molar-refractivity contribution in [3.63, 3.8) is 0 Å². The number of benzene rings is 2. The minimum Gasteiger partial charge on any atom is -0.351 e. The predicted octanol–water partition coefficient (Wildman–Crippen LogP) is 3.66. The quantitative estimate of drug-likeness (QED) is 0.677. The van der Waals surface area contributed by atoms with Gasteiger partial charge in [0.1, 0.15) is 6.33 Å². The van der Waals surface area contributed by atoms with Crippen molar-refractivity contribution >= 4 is 29.3 Å². The van der Waals surface area contributed by atoms with E-state index in [0.29, 0.717) is 5.95 Å². The molecule has 0 fully saturated rings. The van der Waals surface area contributed by atoms with Gasteiger partial charge in [0.25, 0.3) is 0 Å². The number of rotatable bonds is 4. The Hall–Kier alpha value is -2.80. The molecule has 1 aromatic heterocycles. The molecule has 27 heavy (non-hydrogen) atoms. The summed E-state index contributed by atoms with van der Waals surface area (Å²) in [5, 5.41) is 10.7. The van der Waals surface area contributed by atoms with E-state index in [1.54, 1.807) is 11.8 Å². The highest BCUT2D eigenvalue weighted by molar-refractivity contribution is 7.98. The molecule has 2 aromatic carbocycles. The first-order chi connectivity index (χ1) is 13.2. The second-order valence-electron chi connectivity index (χ2n) is 6.56. The Morgan fingerprint density at radius 3 is 2.59 bits per heavy atom. The van der Waals surface area contributed by atoms with Crippen LogP contribution in [0.4, 0.5) is 11.6 Å². The van der Waals surface area contributed by atoms with Crippen molar-refractivity contribution in [1.29, 1.82) is 0 Å². The van der Waals surface area contributed by atoms with Gasteiger partial charge < -0.3 is 10.6 Å². The van der Waals surface area contributed by atoms with Crippen LogP contribution in [0.25, 0.3) is 0 Å². The number of anilines is 2. The van der Waals surface area contributed by atoms with Crippen LogP contribution in [0.2, 0.25) is 0 Å². The number of hydrogen-bond donors (Lipinski definition) is 2. The molecule has 6 nitrogen and oxygen atoms in total. The normalized spacial score (nSPS) is 21.2. The average Bonchev–Trinajstić information content (AvgIpc) is 3.15. The van der Waals surface area contributed by atoms with Crippen LogP contribution in [-0.2, 0) is 4.79 Å². The number of para-hydroxylation sites is 1. The summed E-state index contributed by atoms with van der Waals surface area (Å²) in [6, 6.07) is 17.5. The van der Waals surface area contributed by atoms with Crippen LogP contribution in [0.3, 0.4) is 0 Å². The van der Waals surface area contributed by atoms with Gasteiger partial charge in [0.05, 0.1) is 12.0 Å². The Morgan fingerprint density at radius 1 is 1.15 bits per heavy atom. The standard InChI is InChI=1S/C20H21N5OS/c1-13-17(19(26)24-15-6-4-3-5-7-15)18(25-20(23-13)21-12-22-25)14-8-10-16(27-2)11-9-14/h3-13,17-18H,1-2H3,(H,24,26)(H,21,22,23)/t13-,17+,18-/m0/s1. The first kappa shape index (κ1) is 17.6. The van der Waals surface area contributed by atoms with E-state index in [2.05, 4.69) is 45.0 Å². The van der Waals surface area contributed by atoms with Gasteiger partial charge >= 0.3 is 0 Å². The summed E-state index contributed by atoms with van der Waals surface area (Å²) in [4.78, 5) is 18.7. The van der Waals surface area contributed by atoms with Crippen LogP contribution < -0.4 is 10.6 Å². The van der Waals surface area contributed by atoms with Gasteiger partial charge in [0.2, 0.25) is 11.9 Å². The minimum absolute atomic E-state index is 0.0405. The molecule has 0 spiro atoms. The number of fused-ring (bicyclic) bond motifs is 1. The van der Waals surface area contributed by atoms with Crippen LogP contribution in [0.15, 0.2) is 65.8 Å². The lowest BCUT2D eigenvalue weighted by atomic mass is 9.85. The van der Waals surface area contributed by atoms with Crippen molar-refractivity contribution in [3.8, 4) is 0 Å². The van der Waals surface area contributed by atoms with E-state index in [1.165, 1.54) is 11.2 Å². The average molecular weight is 379 g/mol. The number of carbonyl (C=O) groups is 1. The molecule has 4 rings (SSSR count). The Morgan fingerprint density at radius 2 is 1.89 bits per heavy atom. The highest BCUT2D eigenvalue weighted by Gasteiger charge is 2.41. The summed E-state index contributed by atoms with van der Waals surface area (Å²) >= 11 is 1.69. The molecule has 0 aliphatic carbocycles. The summed E-state index contributed by atoms with van der Waals surface area (Å²) in [6.07, 6.45) is 3.57. The molecule has 3 atom stereocenters. The molecule has 0 bridgehead atoms.